The van der Waals surface area contributed by atoms with Gasteiger partial charge in [0.25, 0.3) is 0 Å². The molecule has 0 saturated carbocycles. The lowest BCUT2D eigenvalue weighted by Crippen LogP contribution is -2.35. The van der Waals surface area contributed by atoms with E-state index in [0.717, 1.165) is 36.9 Å². The standard InChI is InChI=1S/C21H27N3O3S/c1-2-17-8-4-5-9-20(17)22-16-21(25)23-18-10-12-19(13-11-18)28(26,27)24-14-6-3-7-15-24/h4-5,8-13,22H,2-3,6-7,14-16H2,1H3,(H,23,25). The van der Waals surface area contributed by atoms with Crippen LogP contribution in [0, 0.1) is 0 Å². The molecule has 7 heteroatoms. The van der Waals surface area contributed by atoms with Crippen molar-refractivity contribution in [2.24, 2.45) is 0 Å². The number of hydrogen-bond acceptors (Lipinski definition) is 4. The van der Waals surface area contributed by atoms with Crippen LogP contribution in [0.3, 0.4) is 0 Å². The number of benzene rings is 2. The van der Waals surface area contributed by atoms with Gasteiger partial charge in [0.15, 0.2) is 0 Å². The predicted molar refractivity (Wildman–Crippen MR) is 112 cm³/mol. The molecule has 0 bridgehead atoms. The van der Waals surface area contributed by atoms with Crippen LogP contribution in [0.1, 0.15) is 31.7 Å². The number of nitrogens with zero attached hydrogens (tertiary/aromatic N) is 1. The Balaban J connectivity index is 1.58. The molecule has 1 aliphatic heterocycles. The number of amides is 1. The van der Waals surface area contributed by atoms with E-state index >= 15 is 0 Å². The van der Waals surface area contributed by atoms with Crippen LogP contribution >= 0.6 is 0 Å². The fraction of sp³-hybridized carbons (Fsp3) is 0.381. The van der Waals surface area contributed by atoms with Crippen molar-refractivity contribution in [3.63, 3.8) is 0 Å². The number of rotatable bonds is 7. The molecular weight excluding hydrogens is 374 g/mol. The Morgan fingerprint density at radius 1 is 1.00 bits per heavy atom. The lowest BCUT2D eigenvalue weighted by atomic mass is 10.1. The topological polar surface area (TPSA) is 78.5 Å². The molecule has 0 atom stereocenters. The summed E-state index contributed by atoms with van der Waals surface area (Å²) in [5, 5.41) is 5.95. The van der Waals surface area contributed by atoms with Crippen molar-refractivity contribution >= 4 is 27.3 Å². The zero-order valence-electron chi connectivity index (χ0n) is 16.1. The number of nitrogens with one attached hydrogen (secondary N) is 2. The number of para-hydroxylation sites is 1. The molecule has 1 heterocycles. The van der Waals surface area contributed by atoms with Crippen LogP contribution in [0.4, 0.5) is 11.4 Å². The first-order chi connectivity index (χ1) is 13.5. The second-order valence-corrected chi connectivity index (χ2v) is 8.84. The van der Waals surface area contributed by atoms with Gasteiger partial charge in [-0.05, 0) is 55.2 Å². The highest BCUT2D eigenvalue weighted by atomic mass is 32.2. The summed E-state index contributed by atoms with van der Waals surface area (Å²) in [4.78, 5) is 12.5. The Morgan fingerprint density at radius 2 is 1.68 bits per heavy atom. The van der Waals surface area contributed by atoms with Gasteiger partial charge in [0, 0.05) is 24.5 Å². The maximum Gasteiger partial charge on any atom is 0.243 e. The molecule has 1 amide bonds. The molecular formula is C21H27N3O3S. The normalized spacial score (nSPS) is 15.2. The molecule has 0 aliphatic carbocycles. The molecule has 1 fully saturated rings. The van der Waals surface area contributed by atoms with Crippen LogP contribution in [-0.4, -0.2) is 38.3 Å². The summed E-state index contributed by atoms with van der Waals surface area (Å²) >= 11 is 0. The predicted octanol–water partition coefficient (Wildman–Crippen LogP) is 3.47. The van der Waals surface area contributed by atoms with Gasteiger partial charge >= 0.3 is 0 Å². The summed E-state index contributed by atoms with van der Waals surface area (Å²) in [6, 6.07) is 14.3. The highest BCUT2D eigenvalue weighted by Gasteiger charge is 2.25. The summed E-state index contributed by atoms with van der Waals surface area (Å²) in [7, 11) is -3.45. The van der Waals surface area contributed by atoms with Gasteiger partial charge in [0.1, 0.15) is 0 Å². The Hall–Kier alpha value is -2.38. The molecule has 2 aromatic rings. The summed E-state index contributed by atoms with van der Waals surface area (Å²) in [5.41, 5.74) is 2.68. The van der Waals surface area contributed by atoms with E-state index in [2.05, 4.69) is 17.6 Å². The van der Waals surface area contributed by atoms with E-state index in [4.69, 9.17) is 0 Å². The smallest absolute Gasteiger partial charge is 0.243 e. The number of sulfonamides is 1. The van der Waals surface area contributed by atoms with Crippen LogP contribution < -0.4 is 10.6 Å². The molecule has 0 aromatic heterocycles. The van der Waals surface area contributed by atoms with Crippen LogP contribution in [0.15, 0.2) is 53.4 Å². The van der Waals surface area contributed by atoms with Crippen molar-refractivity contribution in [2.45, 2.75) is 37.5 Å². The van der Waals surface area contributed by atoms with Crippen LogP contribution in [0.2, 0.25) is 0 Å². The maximum absolute atomic E-state index is 12.7. The van der Waals surface area contributed by atoms with E-state index in [-0.39, 0.29) is 17.3 Å². The minimum atomic E-state index is -3.45. The number of aryl methyl sites for hydroxylation is 1. The molecule has 150 valence electrons. The average Bonchev–Trinajstić information content (AvgIpc) is 2.73. The van der Waals surface area contributed by atoms with Crippen LogP contribution in [0.25, 0.3) is 0 Å². The lowest BCUT2D eigenvalue weighted by Gasteiger charge is -2.25. The molecule has 6 nitrogen and oxygen atoms in total. The fourth-order valence-corrected chi connectivity index (χ4v) is 4.86. The Bertz CT molecular complexity index is 905. The van der Waals surface area contributed by atoms with Crippen molar-refractivity contribution in [3.8, 4) is 0 Å². The second kappa shape index (κ2) is 9.21. The van der Waals surface area contributed by atoms with E-state index in [9.17, 15) is 13.2 Å². The molecule has 3 rings (SSSR count). The van der Waals surface area contributed by atoms with Gasteiger partial charge in [-0.15, -0.1) is 0 Å². The zero-order valence-corrected chi connectivity index (χ0v) is 17.0. The Labute approximate surface area is 167 Å². The van der Waals surface area contributed by atoms with Crippen molar-refractivity contribution < 1.29 is 13.2 Å². The third-order valence-electron chi connectivity index (χ3n) is 4.93. The fourth-order valence-electron chi connectivity index (χ4n) is 3.35. The summed E-state index contributed by atoms with van der Waals surface area (Å²) in [5.74, 6) is -0.183. The van der Waals surface area contributed by atoms with E-state index in [1.165, 1.54) is 0 Å². The Kier molecular flexibility index (Phi) is 6.70. The Morgan fingerprint density at radius 3 is 2.36 bits per heavy atom. The van der Waals surface area contributed by atoms with E-state index in [1.54, 1.807) is 28.6 Å². The zero-order chi connectivity index (χ0) is 20.0. The lowest BCUT2D eigenvalue weighted by molar-refractivity contribution is -0.114. The first-order valence-corrected chi connectivity index (χ1v) is 11.2. The minimum Gasteiger partial charge on any atom is -0.376 e. The van der Waals surface area contributed by atoms with E-state index in [0.29, 0.717) is 18.8 Å². The molecule has 0 radical (unpaired) electrons. The summed E-state index contributed by atoms with van der Waals surface area (Å²) < 4.78 is 26.9. The maximum atomic E-state index is 12.7. The highest BCUT2D eigenvalue weighted by molar-refractivity contribution is 7.89. The first-order valence-electron chi connectivity index (χ1n) is 9.72. The third-order valence-corrected chi connectivity index (χ3v) is 6.84. The highest BCUT2D eigenvalue weighted by Crippen LogP contribution is 2.22. The molecule has 28 heavy (non-hydrogen) atoms. The average molecular weight is 402 g/mol. The van der Waals surface area contributed by atoms with Gasteiger partial charge < -0.3 is 10.6 Å². The quantitative estimate of drug-likeness (QED) is 0.745. The van der Waals surface area contributed by atoms with Gasteiger partial charge in [-0.3, -0.25) is 4.79 Å². The van der Waals surface area contributed by atoms with Gasteiger partial charge in [-0.25, -0.2) is 8.42 Å². The number of hydrogen-bond donors (Lipinski definition) is 2. The largest absolute Gasteiger partial charge is 0.376 e. The first kappa shape index (κ1) is 20.4. The number of carbonyl (C=O) groups is 1. The van der Waals surface area contributed by atoms with Crippen molar-refractivity contribution in [3.05, 3.63) is 54.1 Å². The van der Waals surface area contributed by atoms with E-state index < -0.39 is 10.0 Å². The molecule has 2 N–H and O–H groups in total. The van der Waals surface area contributed by atoms with Crippen molar-refractivity contribution in [2.75, 3.05) is 30.3 Å². The summed E-state index contributed by atoms with van der Waals surface area (Å²) in [6.45, 7) is 3.36. The summed E-state index contributed by atoms with van der Waals surface area (Å²) in [6.07, 6.45) is 3.77. The molecule has 2 aromatic carbocycles. The third kappa shape index (κ3) is 4.91. The molecule has 1 saturated heterocycles. The van der Waals surface area contributed by atoms with Gasteiger partial charge in [-0.2, -0.15) is 4.31 Å². The van der Waals surface area contributed by atoms with Gasteiger partial charge in [0.2, 0.25) is 15.9 Å². The second-order valence-electron chi connectivity index (χ2n) is 6.90. The number of piperidine rings is 1. The molecule has 1 aliphatic rings. The van der Waals surface area contributed by atoms with Crippen LogP contribution in [-0.2, 0) is 21.2 Å². The number of anilines is 2. The van der Waals surface area contributed by atoms with E-state index in [1.807, 2.05) is 24.3 Å². The van der Waals surface area contributed by atoms with Crippen molar-refractivity contribution in [1.29, 1.82) is 0 Å². The SMILES string of the molecule is CCc1ccccc1NCC(=O)Nc1ccc(S(=O)(=O)N2CCCCC2)cc1. The minimum absolute atomic E-state index is 0.144. The molecule has 0 unspecified atom stereocenters. The monoisotopic (exact) mass is 401 g/mol. The number of carbonyl (C=O) groups excluding carboxylic acids is 1. The van der Waals surface area contributed by atoms with Crippen molar-refractivity contribution in [1.82, 2.24) is 4.31 Å². The van der Waals surface area contributed by atoms with Gasteiger partial charge in [-0.1, -0.05) is 31.5 Å². The van der Waals surface area contributed by atoms with Crippen LogP contribution in [0.5, 0.6) is 0 Å². The molecule has 0 spiro atoms. The van der Waals surface area contributed by atoms with Gasteiger partial charge in [0.05, 0.1) is 11.4 Å².